The van der Waals surface area contributed by atoms with Gasteiger partial charge >= 0.3 is 6.09 Å². The van der Waals surface area contributed by atoms with E-state index in [9.17, 15) is 14.0 Å². The first-order valence-corrected chi connectivity index (χ1v) is 8.91. The summed E-state index contributed by atoms with van der Waals surface area (Å²) in [5.41, 5.74) is 2.98. The molecule has 0 radical (unpaired) electrons. The SMILES string of the molecule is COC(=O)N1CCc2ccc(F)cc2[C@H]1C(=O)NCc1nc2ccccc2[nH]1. The third-order valence-corrected chi connectivity index (χ3v) is 4.86. The van der Waals surface area contributed by atoms with Crippen molar-refractivity contribution in [2.24, 2.45) is 0 Å². The van der Waals surface area contributed by atoms with Crippen molar-refractivity contribution in [3.05, 3.63) is 65.2 Å². The second-order valence-corrected chi connectivity index (χ2v) is 6.58. The third-order valence-electron chi connectivity index (χ3n) is 4.86. The number of para-hydroxylation sites is 2. The highest BCUT2D eigenvalue weighted by molar-refractivity contribution is 5.87. The number of benzene rings is 2. The lowest BCUT2D eigenvalue weighted by Crippen LogP contribution is -2.47. The van der Waals surface area contributed by atoms with E-state index in [2.05, 4.69) is 15.3 Å². The van der Waals surface area contributed by atoms with Crippen LogP contribution in [0.15, 0.2) is 42.5 Å². The van der Waals surface area contributed by atoms with Gasteiger partial charge in [-0.05, 0) is 41.8 Å². The average Bonchev–Trinajstić information content (AvgIpc) is 3.13. The fourth-order valence-electron chi connectivity index (χ4n) is 3.54. The van der Waals surface area contributed by atoms with E-state index in [1.165, 1.54) is 24.1 Å². The zero-order valence-electron chi connectivity index (χ0n) is 15.2. The van der Waals surface area contributed by atoms with Gasteiger partial charge in [-0.15, -0.1) is 0 Å². The minimum absolute atomic E-state index is 0.156. The Morgan fingerprint density at radius 3 is 2.93 bits per heavy atom. The molecule has 144 valence electrons. The van der Waals surface area contributed by atoms with Gasteiger partial charge in [0.15, 0.2) is 0 Å². The first-order chi connectivity index (χ1) is 13.6. The number of hydrogen-bond acceptors (Lipinski definition) is 4. The Morgan fingerprint density at radius 1 is 1.32 bits per heavy atom. The maximum absolute atomic E-state index is 13.8. The lowest BCUT2D eigenvalue weighted by molar-refractivity contribution is -0.126. The van der Waals surface area contributed by atoms with Gasteiger partial charge in [0.05, 0.1) is 24.7 Å². The second kappa shape index (κ2) is 7.30. The molecule has 2 heterocycles. The Labute approximate surface area is 160 Å². The van der Waals surface area contributed by atoms with Gasteiger partial charge in [0.1, 0.15) is 17.7 Å². The molecule has 0 spiro atoms. The molecule has 4 rings (SSSR count). The largest absolute Gasteiger partial charge is 0.453 e. The van der Waals surface area contributed by atoms with E-state index in [0.717, 1.165) is 16.6 Å². The van der Waals surface area contributed by atoms with Crippen LogP contribution in [0.3, 0.4) is 0 Å². The number of methoxy groups -OCH3 is 1. The maximum Gasteiger partial charge on any atom is 0.410 e. The van der Waals surface area contributed by atoms with E-state index in [-0.39, 0.29) is 6.54 Å². The van der Waals surface area contributed by atoms with Crippen LogP contribution >= 0.6 is 0 Å². The first-order valence-electron chi connectivity index (χ1n) is 8.91. The standard InChI is InChI=1S/C20H19FN4O3/c1-28-20(27)25-9-8-12-6-7-13(21)10-14(12)18(25)19(26)22-11-17-23-15-4-2-3-5-16(15)24-17/h2-7,10,18H,8-9,11H2,1H3,(H,22,26)(H,23,24)/t18-/m0/s1. The van der Waals surface area contributed by atoms with Gasteiger partial charge in [0.25, 0.3) is 0 Å². The number of nitrogens with zero attached hydrogens (tertiary/aromatic N) is 2. The zero-order chi connectivity index (χ0) is 19.7. The van der Waals surface area contributed by atoms with Gasteiger partial charge < -0.3 is 15.0 Å². The Kier molecular flexibility index (Phi) is 4.68. The molecule has 0 bridgehead atoms. The smallest absolute Gasteiger partial charge is 0.410 e. The van der Waals surface area contributed by atoms with Crippen LogP contribution in [-0.2, 0) is 22.5 Å². The number of hydrogen-bond donors (Lipinski definition) is 2. The fraction of sp³-hybridized carbons (Fsp3) is 0.250. The molecule has 1 aliphatic rings. The molecule has 1 aromatic heterocycles. The number of ether oxygens (including phenoxy) is 1. The summed E-state index contributed by atoms with van der Waals surface area (Å²) in [6.07, 6.45) is -0.100. The van der Waals surface area contributed by atoms with Crippen LogP contribution in [0, 0.1) is 5.82 Å². The monoisotopic (exact) mass is 382 g/mol. The number of imidazole rings is 1. The first kappa shape index (κ1) is 18.0. The number of H-pyrrole nitrogens is 1. The number of carbonyl (C=O) groups excluding carboxylic acids is 2. The number of amides is 2. The minimum atomic E-state index is -0.962. The minimum Gasteiger partial charge on any atom is -0.453 e. The number of carbonyl (C=O) groups is 2. The lowest BCUT2D eigenvalue weighted by Gasteiger charge is -2.35. The van der Waals surface area contributed by atoms with Gasteiger partial charge in [-0.2, -0.15) is 0 Å². The molecular weight excluding hydrogens is 363 g/mol. The van der Waals surface area contributed by atoms with Gasteiger partial charge in [0.2, 0.25) is 5.91 Å². The third kappa shape index (κ3) is 3.28. The number of halogens is 1. The summed E-state index contributed by atoms with van der Waals surface area (Å²) in [5, 5.41) is 2.79. The van der Waals surface area contributed by atoms with Gasteiger partial charge in [-0.1, -0.05) is 18.2 Å². The van der Waals surface area contributed by atoms with E-state index in [0.29, 0.717) is 24.4 Å². The quantitative estimate of drug-likeness (QED) is 0.729. The molecule has 0 aliphatic carbocycles. The van der Waals surface area contributed by atoms with Gasteiger partial charge in [-0.3, -0.25) is 9.69 Å². The van der Waals surface area contributed by atoms with Gasteiger partial charge in [0, 0.05) is 6.54 Å². The van der Waals surface area contributed by atoms with Crippen LogP contribution < -0.4 is 5.32 Å². The summed E-state index contributed by atoms with van der Waals surface area (Å²) in [4.78, 5) is 34.0. The predicted octanol–water partition coefficient (Wildman–Crippen LogP) is 2.68. The van der Waals surface area contributed by atoms with E-state index in [4.69, 9.17) is 4.74 Å². The Balaban J connectivity index is 1.59. The van der Waals surface area contributed by atoms with Crippen LogP contribution in [0.25, 0.3) is 11.0 Å². The van der Waals surface area contributed by atoms with Crippen molar-refractivity contribution in [3.63, 3.8) is 0 Å². The molecule has 1 atom stereocenters. The van der Waals surface area contributed by atoms with Crippen molar-refractivity contribution >= 4 is 23.0 Å². The van der Waals surface area contributed by atoms with Crippen LogP contribution in [-0.4, -0.2) is 40.5 Å². The summed E-state index contributed by atoms with van der Waals surface area (Å²) >= 11 is 0. The molecule has 2 amide bonds. The zero-order valence-corrected chi connectivity index (χ0v) is 15.2. The van der Waals surface area contributed by atoms with E-state index in [1.54, 1.807) is 6.07 Å². The summed E-state index contributed by atoms with van der Waals surface area (Å²) in [5.74, 6) is -0.285. The molecule has 28 heavy (non-hydrogen) atoms. The Morgan fingerprint density at radius 2 is 2.14 bits per heavy atom. The van der Waals surface area contributed by atoms with Crippen LogP contribution in [0.5, 0.6) is 0 Å². The van der Waals surface area contributed by atoms with Crippen molar-refractivity contribution < 1.29 is 18.7 Å². The Bertz CT molecular complexity index is 1020. The molecule has 0 unspecified atom stereocenters. The molecule has 0 saturated carbocycles. The van der Waals surface area contributed by atoms with E-state index < -0.39 is 23.9 Å². The average molecular weight is 382 g/mol. The number of aromatic amines is 1. The maximum atomic E-state index is 13.8. The number of nitrogens with one attached hydrogen (secondary N) is 2. The van der Waals surface area contributed by atoms with Crippen molar-refractivity contribution in [1.29, 1.82) is 0 Å². The molecule has 0 fully saturated rings. The van der Waals surface area contributed by atoms with Crippen LogP contribution in [0.1, 0.15) is 23.0 Å². The highest BCUT2D eigenvalue weighted by atomic mass is 19.1. The molecule has 2 N–H and O–H groups in total. The summed E-state index contributed by atoms with van der Waals surface area (Å²) < 4.78 is 18.6. The summed E-state index contributed by atoms with van der Waals surface area (Å²) in [6, 6.07) is 10.9. The number of fused-ring (bicyclic) bond motifs is 2. The predicted molar refractivity (Wildman–Crippen MR) is 99.9 cm³/mol. The molecular formula is C20H19FN4O3. The molecule has 8 heteroatoms. The van der Waals surface area contributed by atoms with E-state index >= 15 is 0 Å². The number of rotatable bonds is 3. The van der Waals surface area contributed by atoms with Crippen molar-refractivity contribution in [3.8, 4) is 0 Å². The molecule has 1 aliphatic heterocycles. The molecule has 3 aromatic rings. The molecule has 2 aromatic carbocycles. The highest BCUT2D eigenvalue weighted by Crippen LogP contribution is 2.31. The number of aromatic nitrogens is 2. The van der Waals surface area contributed by atoms with Crippen molar-refractivity contribution in [1.82, 2.24) is 20.2 Å². The van der Waals surface area contributed by atoms with Crippen LogP contribution in [0.4, 0.5) is 9.18 Å². The molecule has 0 saturated heterocycles. The Hall–Kier alpha value is -3.42. The van der Waals surface area contributed by atoms with Gasteiger partial charge in [-0.25, -0.2) is 14.2 Å². The fourth-order valence-corrected chi connectivity index (χ4v) is 3.54. The topological polar surface area (TPSA) is 87.3 Å². The lowest BCUT2D eigenvalue weighted by atomic mass is 9.92. The summed E-state index contributed by atoms with van der Waals surface area (Å²) in [6.45, 7) is 0.470. The molecule has 7 nitrogen and oxygen atoms in total. The van der Waals surface area contributed by atoms with Crippen LogP contribution in [0.2, 0.25) is 0 Å². The second-order valence-electron chi connectivity index (χ2n) is 6.58. The normalized spacial score (nSPS) is 15.9. The van der Waals surface area contributed by atoms with Crippen molar-refractivity contribution in [2.45, 2.75) is 19.0 Å². The van der Waals surface area contributed by atoms with Crippen molar-refractivity contribution in [2.75, 3.05) is 13.7 Å². The summed E-state index contributed by atoms with van der Waals surface area (Å²) in [7, 11) is 1.26. The highest BCUT2D eigenvalue weighted by Gasteiger charge is 2.36. The van der Waals surface area contributed by atoms with E-state index in [1.807, 2.05) is 24.3 Å².